The smallest absolute Gasteiger partial charge is 0.475 e. The summed E-state index contributed by atoms with van der Waals surface area (Å²) >= 11 is 0. The van der Waals surface area contributed by atoms with Crippen LogP contribution in [0.2, 0.25) is 0 Å². The lowest BCUT2D eigenvalue weighted by atomic mass is 10.2. The minimum Gasteiger partial charge on any atom is -0.475 e. The Bertz CT molecular complexity index is 437. The van der Waals surface area contributed by atoms with Crippen LogP contribution in [-0.4, -0.2) is 39.5 Å². The number of hydrogen-bond donors (Lipinski definition) is 3. The van der Waals surface area contributed by atoms with Crippen LogP contribution < -0.4 is 5.32 Å². The van der Waals surface area contributed by atoms with Gasteiger partial charge in [-0.25, -0.2) is 9.59 Å². The zero-order valence-electron chi connectivity index (χ0n) is 10.4. The first kappa shape index (κ1) is 17.7. The molecule has 1 heterocycles. The van der Waals surface area contributed by atoms with E-state index in [1.165, 1.54) is 0 Å². The van der Waals surface area contributed by atoms with Crippen LogP contribution >= 0.6 is 0 Å². The molecule has 1 aromatic rings. The molecule has 0 bridgehead atoms. The number of nitrogens with one attached hydrogen (secondary N) is 1. The topological polar surface area (TPSA) is 99.5 Å². The second-order valence-corrected chi connectivity index (χ2v) is 3.68. The molecule has 1 amide bonds. The summed E-state index contributed by atoms with van der Waals surface area (Å²) in [5.74, 6) is -2.76. The Morgan fingerprint density at radius 2 is 1.90 bits per heavy atom. The molecule has 9 heteroatoms. The summed E-state index contributed by atoms with van der Waals surface area (Å²) in [5.41, 5.74) is 0.892. The minimum atomic E-state index is -5.08. The van der Waals surface area contributed by atoms with Crippen molar-refractivity contribution >= 4 is 12.1 Å². The first-order chi connectivity index (χ1) is 9.12. The van der Waals surface area contributed by atoms with Crippen molar-refractivity contribution in [2.45, 2.75) is 25.6 Å². The third-order valence-corrected chi connectivity index (χ3v) is 1.85. The van der Waals surface area contributed by atoms with E-state index in [1.807, 2.05) is 25.1 Å². The number of hydrogen-bond acceptors (Lipinski definition) is 3. The van der Waals surface area contributed by atoms with Gasteiger partial charge in [0.1, 0.15) is 0 Å². The predicted octanol–water partition coefficient (Wildman–Crippen LogP) is 1.91. The maximum atomic E-state index is 10.6. The number of rotatable bonds is 3. The average molecular weight is 294 g/mol. The van der Waals surface area contributed by atoms with Gasteiger partial charge in [0.2, 0.25) is 0 Å². The number of halogens is 3. The second-order valence-electron chi connectivity index (χ2n) is 3.68. The van der Waals surface area contributed by atoms with Crippen LogP contribution in [0.25, 0.3) is 0 Å². The fraction of sp³-hybridized carbons (Fsp3) is 0.364. The fourth-order valence-corrected chi connectivity index (χ4v) is 1.09. The molecule has 0 spiro atoms. The first-order valence-corrected chi connectivity index (χ1v) is 5.32. The average Bonchev–Trinajstić information content (AvgIpc) is 2.28. The lowest BCUT2D eigenvalue weighted by molar-refractivity contribution is -0.192. The fourth-order valence-electron chi connectivity index (χ4n) is 1.09. The first-order valence-electron chi connectivity index (χ1n) is 5.32. The van der Waals surface area contributed by atoms with Crippen molar-refractivity contribution in [3.8, 4) is 0 Å². The molecule has 0 saturated carbocycles. The Morgan fingerprint density at radius 3 is 2.25 bits per heavy atom. The van der Waals surface area contributed by atoms with Crippen LogP contribution in [0.5, 0.6) is 0 Å². The van der Waals surface area contributed by atoms with E-state index in [-0.39, 0.29) is 6.04 Å². The molecule has 0 aliphatic carbocycles. The number of amides is 1. The highest BCUT2D eigenvalue weighted by Gasteiger charge is 2.38. The van der Waals surface area contributed by atoms with Crippen molar-refractivity contribution in [2.75, 3.05) is 0 Å². The van der Waals surface area contributed by atoms with Gasteiger partial charge in [-0.3, -0.25) is 4.98 Å². The van der Waals surface area contributed by atoms with Crippen molar-refractivity contribution in [1.29, 1.82) is 0 Å². The Labute approximate surface area is 112 Å². The molecule has 1 unspecified atom stereocenters. The molecule has 0 fully saturated rings. The van der Waals surface area contributed by atoms with Gasteiger partial charge in [0.25, 0.3) is 0 Å². The van der Waals surface area contributed by atoms with Gasteiger partial charge in [0, 0.05) is 24.4 Å². The Hall–Kier alpha value is -2.32. The number of aliphatic carboxylic acids is 1. The van der Waals surface area contributed by atoms with Gasteiger partial charge >= 0.3 is 18.2 Å². The monoisotopic (exact) mass is 294 g/mol. The van der Waals surface area contributed by atoms with Crippen LogP contribution in [-0.2, 0) is 11.2 Å². The molecule has 112 valence electrons. The molecule has 0 aromatic carbocycles. The van der Waals surface area contributed by atoms with Gasteiger partial charge in [-0.05, 0) is 19.1 Å². The highest BCUT2D eigenvalue weighted by molar-refractivity contribution is 5.73. The number of aromatic nitrogens is 1. The highest BCUT2D eigenvalue weighted by atomic mass is 19.4. The van der Waals surface area contributed by atoms with E-state index in [1.54, 1.807) is 6.20 Å². The lowest BCUT2D eigenvalue weighted by Crippen LogP contribution is -2.32. The maximum Gasteiger partial charge on any atom is 0.490 e. The molecule has 0 radical (unpaired) electrons. The van der Waals surface area contributed by atoms with Gasteiger partial charge in [-0.2, -0.15) is 13.2 Å². The van der Waals surface area contributed by atoms with Crippen molar-refractivity contribution in [3.63, 3.8) is 0 Å². The summed E-state index contributed by atoms with van der Waals surface area (Å²) in [6.07, 6.45) is -3.76. The third kappa shape index (κ3) is 8.72. The largest absolute Gasteiger partial charge is 0.490 e. The molecule has 0 saturated heterocycles. The molecular weight excluding hydrogens is 281 g/mol. The summed E-state index contributed by atoms with van der Waals surface area (Å²) in [4.78, 5) is 23.3. The summed E-state index contributed by atoms with van der Waals surface area (Å²) in [6.45, 7) is 1.81. The standard InChI is InChI=1S/C9H12N2O2.C2HF3O2/c1-7(11-9(12)13)6-8-4-2-3-5-10-8;3-2(4,5)1(6)7/h2-5,7,11H,6H2,1H3,(H,12,13);(H,6,7). The van der Waals surface area contributed by atoms with E-state index in [0.717, 1.165) is 5.69 Å². The number of nitrogens with zero attached hydrogens (tertiary/aromatic N) is 1. The molecule has 1 atom stereocenters. The molecule has 0 aliphatic rings. The van der Waals surface area contributed by atoms with Gasteiger partial charge in [-0.15, -0.1) is 0 Å². The molecule has 6 nitrogen and oxygen atoms in total. The van der Waals surface area contributed by atoms with E-state index in [2.05, 4.69) is 10.3 Å². The van der Waals surface area contributed by atoms with Gasteiger partial charge in [0.05, 0.1) is 0 Å². The Morgan fingerprint density at radius 1 is 1.35 bits per heavy atom. The Balaban J connectivity index is 0.000000441. The van der Waals surface area contributed by atoms with E-state index >= 15 is 0 Å². The number of carbonyl (C=O) groups is 2. The van der Waals surface area contributed by atoms with Crippen LogP contribution in [0.4, 0.5) is 18.0 Å². The van der Waals surface area contributed by atoms with Gasteiger partial charge < -0.3 is 15.5 Å². The summed E-state index contributed by atoms with van der Waals surface area (Å²) in [7, 11) is 0. The van der Waals surface area contributed by atoms with E-state index in [0.29, 0.717) is 6.42 Å². The van der Waals surface area contributed by atoms with E-state index in [4.69, 9.17) is 15.0 Å². The van der Waals surface area contributed by atoms with Crippen LogP contribution in [0.1, 0.15) is 12.6 Å². The zero-order chi connectivity index (χ0) is 15.8. The van der Waals surface area contributed by atoms with Crippen LogP contribution in [0.15, 0.2) is 24.4 Å². The van der Waals surface area contributed by atoms with Crippen molar-refractivity contribution in [3.05, 3.63) is 30.1 Å². The zero-order valence-corrected chi connectivity index (χ0v) is 10.4. The molecule has 20 heavy (non-hydrogen) atoms. The third-order valence-electron chi connectivity index (χ3n) is 1.85. The summed E-state index contributed by atoms with van der Waals surface area (Å²) in [5, 5.41) is 17.9. The predicted molar refractivity (Wildman–Crippen MR) is 62.3 cm³/mol. The molecular formula is C11H13F3N2O4. The minimum absolute atomic E-state index is 0.104. The quantitative estimate of drug-likeness (QED) is 0.790. The molecule has 3 N–H and O–H groups in total. The van der Waals surface area contributed by atoms with E-state index < -0.39 is 18.2 Å². The van der Waals surface area contributed by atoms with Crippen LogP contribution in [0, 0.1) is 0 Å². The molecule has 0 aliphatic heterocycles. The van der Waals surface area contributed by atoms with Crippen molar-refractivity contribution < 1.29 is 33.0 Å². The SMILES string of the molecule is CC(Cc1ccccn1)NC(=O)O.O=C(O)C(F)(F)F. The molecule has 1 rings (SSSR count). The van der Waals surface area contributed by atoms with Gasteiger partial charge in [-0.1, -0.05) is 6.07 Å². The second kappa shape index (κ2) is 7.97. The van der Waals surface area contributed by atoms with Crippen LogP contribution in [0.3, 0.4) is 0 Å². The summed E-state index contributed by atoms with van der Waals surface area (Å²) < 4.78 is 31.7. The maximum absolute atomic E-state index is 10.6. The molecule has 1 aromatic heterocycles. The number of carboxylic acids is 1. The lowest BCUT2D eigenvalue weighted by Gasteiger charge is -2.09. The van der Waals surface area contributed by atoms with Crippen molar-refractivity contribution in [1.82, 2.24) is 10.3 Å². The highest BCUT2D eigenvalue weighted by Crippen LogP contribution is 2.13. The van der Waals surface area contributed by atoms with E-state index in [9.17, 15) is 18.0 Å². The Kier molecular flexibility index (Phi) is 7.05. The number of carboxylic acid groups (broad SMARTS) is 2. The summed E-state index contributed by atoms with van der Waals surface area (Å²) in [6, 6.07) is 5.49. The number of alkyl halides is 3. The van der Waals surface area contributed by atoms with Crippen molar-refractivity contribution in [2.24, 2.45) is 0 Å². The normalized spacial score (nSPS) is 11.8. The van der Waals surface area contributed by atoms with Gasteiger partial charge in [0.15, 0.2) is 0 Å². The number of pyridine rings is 1.